The van der Waals surface area contributed by atoms with Crippen LogP contribution in [0.1, 0.15) is 44.4 Å². The summed E-state index contributed by atoms with van der Waals surface area (Å²) in [5.41, 5.74) is 1.88. The average molecular weight is 384 g/mol. The van der Waals surface area contributed by atoms with Gasteiger partial charge in [0, 0.05) is 12.0 Å². The monoisotopic (exact) mass is 384 g/mol. The van der Waals surface area contributed by atoms with Crippen LogP contribution in [-0.4, -0.2) is 26.5 Å². The number of methoxy groups -OCH3 is 1. The minimum absolute atomic E-state index is 0.0560. The fourth-order valence-electron chi connectivity index (χ4n) is 3.19. The Morgan fingerprint density at radius 1 is 1.14 bits per heavy atom. The lowest BCUT2D eigenvalue weighted by Gasteiger charge is -2.27. The summed E-state index contributed by atoms with van der Waals surface area (Å²) in [6.45, 7) is 6.98. The van der Waals surface area contributed by atoms with Gasteiger partial charge in [-0.25, -0.2) is 4.79 Å². The van der Waals surface area contributed by atoms with Crippen LogP contribution in [-0.2, 0) is 5.41 Å². The number of urea groups is 1. The summed E-state index contributed by atoms with van der Waals surface area (Å²) >= 11 is 0. The third-order valence-corrected chi connectivity index (χ3v) is 5.08. The van der Waals surface area contributed by atoms with Gasteiger partial charge in [-0.15, -0.1) is 0 Å². The van der Waals surface area contributed by atoms with E-state index < -0.39 is 0 Å². The van der Waals surface area contributed by atoms with E-state index in [9.17, 15) is 4.79 Å². The largest absolute Gasteiger partial charge is 0.497 e. The molecule has 2 amide bonds. The molecule has 2 aromatic rings. The lowest BCUT2D eigenvalue weighted by molar-refractivity contribution is 0.174. The predicted molar refractivity (Wildman–Crippen MR) is 108 cm³/mol. The van der Waals surface area contributed by atoms with Crippen molar-refractivity contribution in [2.24, 2.45) is 0 Å². The number of ether oxygens (including phenoxy) is 3. The molecule has 6 nitrogen and oxygen atoms in total. The van der Waals surface area contributed by atoms with Crippen LogP contribution in [0.5, 0.6) is 17.2 Å². The quantitative estimate of drug-likeness (QED) is 0.752. The Bertz CT molecular complexity index is 818. The highest BCUT2D eigenvalue weighted by molar-refractivity contribution is 5.74. The number of carbonyl (C=O) groups excluding carboxylic acids is 1. The van der Waals surface area contributed by atoms with Crippen LogP contribution in [0.15, 0.2) is 42.5 Å². The van der Waals surface area contributed by atoms with Crippen molar-refractivity contribution in [3.05, 3.63) is 53.6 Å². The van der Waals surface area contributed by atoms with E-state index >= 15 is 0 Å². The highest BCUT2D eigenvalue weighted by Crippen LogP contribution is 2.36. The lowest BCUT2D eigenvalue weighted by Crippen LogP contribution is -2.43. The van der Waals surface area contributed by atoms with Gasteiger partial charge in [0.15, 0.2) is 11.5 Å². The van der Waals surface area contributed by atoms with Gasteiger partial charge < -0.3 is 24.8 Å². The maximum absolute atomic E-state index is 12.5. The SMILES string of the molecule is CCC(NC(=O)NCC(C)(C)c1ccc2c(c1)OCO2)c1ccc(OC)cc1. The standard InChI is InChI=1S/C22H28N2O4/c1-5-18(15-6-9-17(26-4)10-7-15)24-21(25)23-13-22(2,3)16-8-11-19-20(12-16)28-14-27-19/h6-12,18H,5,13-14H2,1-4H3,(H2,23,24,25). The number of amides is 2. The van der Waals surface area contributed by atoms with Crippen molar-refractivity contribution < 1.29 is 19.0 Å². The number of nitrogens with one attached hydrogen (secondary N) is 2. The van der Waals surface area contributed by atoms with Gasteiger partial charge in [0.25, 0.3) is 0 Å². The summed E-state index contributed by atoms with van der Waals surface area (Å²) in [4.78, 5) is 12.5. The molecule has 0 bridgehead atoms. The molecule has 0 saturated carbocycles. The number of benzene rings is 2. The zero-order chi connectivity index (χ0) is 20.1. The first kappa shape index (κ1) is 19.9. The Kier molecular flexibility index (Phi) is 5.97. The third-order valence-electron chi connectivity index (χ3n) is 5.08. The Balaban J connectivity index is 1.58. The Morgan fingerprint density at radius 3 is 2.54 bits per heavy atom. The predicted octanol–water partition coefficient (Wildman–Crippen LogP) is 4.15. The minimum atomic E-state index is -0.250. The average Bonchev–Trinajstić information content (AvgIpc) is 3.18. The second-order valence-corrected chi connectivity index (χ2v) is 7.51. The van der Waals surface area contributed by atoms with Gasteiger partial charge in [-0.05, 0) is 41.8 Å². The fraction of sp³-hybridized carbons (Fsp3) is 0.409. The summed E-state index contributed by atoms with van der Waals surface area (Å²) in [5.74, 6) is 2.31. The third kappa shape index (κ3) is 4.50. The maximum Gasteiger partial charge on any atom is 0.315 e. The maximum atomic E-state index is 12.5. The molecule has 28 heavy (non-hydrogen) atoms. The van der Waals surface area contributed by atoms with E-state index in [1.165, 1.54) is 0 Å². The molecule has 0 spiro atoms. The summed E-state index contributed by atoms with van der Waals surface area (Å²) in [6.07, 6.45) is 0.797. The van der Waals surface area contributed by atoms with Gasteiger partial charge in [-0.2, -0.15) is 0 Å². The number of rotatable bonds is 7. The summed E-state index contributed by atoms with van der Waals surface area (Å²) in [6, 6.07) is 13.4. The van der Waals surface area contributed by atoms with Gasteiger partial charge in [0.2, 0.25) is 6.79 Å². The molecule has 1 unspecified atom stereocenters. The zero-order valence-corrected chi connectivity index (χ0v) is 16.9. The molecule has 1 atom stereocenters. The first-order valence-electron chi connectivity index (χ1n) is 9.51. The molecule has 0 saturated heterocycles. The normalized spacial score (nSPS) is 13.7. The van der Waals surface area contributed by atoms with E-state index in [0.717, 1.165) is 34.8 Å². The van der Waals surface area contributed by atoms with Crippen molar-refractivity contribution in [1.82, 2.24) is 10.6 Å². The molecule has 0 aliphatic carbocycles. The number of hydrogen-bond acceptors (Lipinski definition) is 4. The Hall–Kier alpha value is -2.89. The topological polar surface area (TPSA) is 68.8 Å². The second-order valence-electron chi connectivity index (χ2n) is 7.51. The first-order valence-corrected chi connectivity index (χ1v) is 9.51. The Morgan fingerprint density at radius 2 is 1.86 bits per heavy atom. The van der Waals surface area contributed by atoms with E-state index in [2.05, 4.69) is 24.5 Å². The highest BCUT2D eigenvalue weighted by atomic mass is 16.7. The molecular weight excluding hydrogens is 356 g/mol. The molecule has 0 aromatic heterocycles. The smallest absolute Gasteiger partial charge is 0.315 e. The molecule has 0 fully saturated rings. The van der Waals surface area contributed by atoms with Crippen molar-refractivity contribution in [3.63, 3.8) is 0 Å². The molecule has 1 aliphatic rings. The van der Waals surface area contributed by atoms with Gasteiger partial charge in [-0.3, -0.25) is 0 Å². The van der Waals surface area contributed by atoms with E-state index in [1.54, 1.807) is 7.11 Å². The van der Waals surface area contributed by atoms with Crippen molar-refractivity contribution in [1.29, 1.82) is 0 Å². The molecule has 6 heteroatoms. The molecule has 2 aromatic carbocycles. The van der Waals surface area contributed by atoms with Gasteiger partial charge in [0.1, 0.15) is 5.75 Å². The van der Waals surface area contributed by atoms with E-state index in [-0.39, 0.29) is 24.3 Å². The van der Waals surface area contributed by atoms with Crippen molar-refractivity contribution in [3.8, 4) is 17.2 Å². The van der Waals surface area contributed by atoms with Crippen molar-refractivity contribution in [2.75, 3.05) is 20.4 Å². The lowest BCUT2D eigenvalue weighted by atomic mass is 9.84. The van der Waals surface area contributed by atoms with Gasteiger partial charge >= 0.3 is 6.03 Å². The highest BCUT2D eigenvalue weighted by Gasteiger charge is 2.25. The second kappa shape index (κ2) is 8.42. The minimum Gasteiger partial charge on any atom is -0.497 e. The van der Waals surface area contributed by atoms with Crippen LogP contribution in [0.25, 0.3) is 0 Å². The fourth-order valence-corrected chi connectivity index (χ4v) is 3.19. The summed E-state index contributed by atoms with van der Waals surface area (Å²) < 4.78 is 16.0. The van der Waals surface area contributed by atoms with Crippen molar-refractivity contribution in [2.45, 2.75) is 38.6 Å². The summed E-state index contributed by atoms with van der Waals surface area (Å²) in [7, 11) is 1.64. The number of fused-ring (bicyclic) bond motifs is 1. The van der Waals surface area contributed by atoms with Crippen LogP contribution >= 0.6 is 0 Å². The molecule has 1 aliphatic heterocycles. The molecule has 0 radical (unpaired) electrons. The molecular formula is C22H28N2O4. The van der Waals surface area contributed by atoms with Crippen LogP contribution in [0.4, 0.5) is 4.79 Å². The van der Waals surface area contributed by atoms with Crippen LogP contribution in [0.3, 0.4) is 0 Å². The molecule has 150 valence electrons. The Labute approximate surface area is 166 Å². The molecule has 2 N–H and O–H groups in total. The number of carbonyl (C=O) groups is 1. The van der Waals surface area contributed by atoms with Crippen LogP contribution in [0, 0.1) is 0 Å². The summed E-state index contributed by atoms with van der Waals surface area (Å²) in [5, 5.41) is 6.05. The van der Waals surface area contributed by atoms with E-state index in [4.69, 9.17) is 14.2 Å². The van der Waals surface area contributed by atoms with Crippen LogP contribution in [0.2, 0.25) is 0 Å². The van der Waals surface area contributed by atoms with Crippen LogP contribution < -0.4 is 24.8 Å². The van der Waals surface area contributed by atoms with Gasteiger partial charge in [0.05, 0.1) is 13.2 Å². The van der Waals surface area contributed by atoms with Crippen molar-refractivity contribution >= 4 is 6.03 Å². The van der Waals surface area contributed by atoms with Gasteiger partial charge in [-0.1, -0.05) is 39.0 Å². The first-order chi connectivity index (χ1) is 13.4. The zero-order valence-electron chi connectivity index (χ0n) is 16.9. The number of hydrogen-bond donors (Lipinski definition) is 2. The molecule has 1 heterocycles. The molecule has 3 rings (SSSR count). The van der Waals surface area contributed by atoms with E-state index in [1.807, 2.05) is 49.4 Å². The van der Waals surface area contributed by atoms with E-state index in [0.29, 0.717) is 6.54 Å².